The maximum Gasteiger partial charge on any atom is 0.325 e. The summed E-state index contributed by atoms with van der Waals surface area (Å²) in [7, 11) is -3.60. The summed E-state index contributed by atoms with van der Waals surface area (Å²) in [4.78, 5) is 26.5. The molecular formula is C22H26N4O6S. The number of fused-ring (bicyclic) bond motifs is 1. The second-order valence-corrected chi connectivity index (χ2v) is 9.93. The molecule has 33 heavy (non-hydrogen) atoms. The molecule has 0 bridgehead atoms. The fraction of sp³-hybridized carbons (Fsp3) is 0.364. The number of nitrogens with one attached hydrogen (secondary N) is 2. The molecule has 0 aromatic heterocycles. The van der Waals surface area contributed by atoms with E-state index in [1.54, 1.807) is 37.3 Å². The van der Waals surface area contributed by atoms with Crippen molar-refractivity contribution in [2.75, 3.05) is 44.8 Å². The van der Waals surface area contributed by atoms with Gasteiger partial charge in [0, 0.05) is 37.9 Å². The Bertz CT molecular complexity index is 1180. The number of carbonyl (C=O) groups is 2. The van der Waals surface area contributed by atoms with Gasteiger partial charge < -0.3 is 14.8 Å². The lowest BCUT2D eigenvalue weighted by Gasteiger charge is -2.33. The summed E-state index contributed by atoms with van der Waals surface area (Å²) in [5.74, 6) is 0.641. The molecule has 0 radical (unpaired) electrons. The zero-order chi connectivity index (χ0) is 23.6. The number of piperazine rings is 1. The van der Waals surface area contributed by atoms with Crippen LogP contribution in [0.3, 0.4) is 0 Å². The molecule has 4 rings (SSSR count). The minimum atomic E-state index is -3.60. The number of urea groups is 1. The standard InChI is InChI=1S/C22H26N4O6S/c1-15-3-6-20(16(2)11-15)33(29,30)26-9-7-25(8-10-26)13-21(27)24-22(28)23-17-4-5-18-19(12-17)32-14-31-18/h3-6,11-12H,7-10,13-14H2,1-2H3,(H2,23,24,27,28). The number of aryl methyl sites for hydroxylation is 2. The summed E-state index contributed by atoms with van der Waals surface area (Å²) in [5.41, 5.74) is 2.19. The van der Waals surface area contributed by atoms with Gasteiger partial charge in [-0.05, 0) is 37.6 Å². The molecule has 0 unspecified atom stereocenters. The van der Waals surface area contributed by atoms with E-state index in [0.29, 0.717) is 40.7 Å². The Balaban J connectivity index is 1.26. The summed E-state index contributed by atoms with van der Waals surface area (Å²) in [6.45, 7) is 5.15. The van der Waals surface area contributed by atoms with Crippen molar-refractivity contribution >= 4 is 27.6 Å². The number of imide groups is 1. The lowest BCUT2D eigenvalue weighted by molar-refractivity contribution is -0.121. The van der Waals surface area contributed by atoms with Crippen LogP contribution in [0.2, 0.25) is 0 Å². The molecule has 0 atom stereocenters. The highest BCUT2D eigenvalue weighted by molar-refractivity contribution is 7.89. The molecule has 2 aromatic rings. The fourth-order valence-electron chi connectivity index (χ4n) is 3.86. The number of ether oxygens (including phenoxy) is 2. The highest BCUT2D eigenvalue weighted by Gasteiger charge is 2.30. The van der Waals surface area contributed by atoms with Gasteiger partial charge in [0.15, 0.2) is 11.5 Å². The Kier molecular flexibility index (Phi) is 6.54. The molecule has 176 valence electrons. The zero-order valence-electron chi connectivity index (χ0n) is 18.5. The van der Waals surface area contributed by atoms with Gasteiger partial charge >= 0.3 is 6.03 Å². The molecule has 1 saturated heterocycles. The quantitative estimate of drug-likeness (QED) is 0.677. The van der Waals surface area contributed by atoms with Crippen molar-refractivity contribution in [2.24, 2.45) is 0 Å². The SMILES string of the molecule is Cc1ccc(S(=O)(=O)N2CCN(CC(=O)NC(=O)Nc3ccc4c(c3)OCO4)CC2)c(C)c1. The van der Waals surface area contributed by atoms with E-state index in [4.69, 9.17) is 9.47 Å². The average Bonchev–Trinajstić information content (AvgIpc) is 3.21. The third-order valence-electron chi connectivity index (χ3n) is 5.53. The number of hydrogen-bond donors (Lipinski definition) is 2. The molecule has 0 spiro atoms. The number of hydrogen-bond acceptors (Lipinski definition) is 7. The Labute approximate surface area is 192 Å². The molecule has 0 aliphatic carbocycles. The summed E-state index contributed by atoms with van der Waals surface area (Å²) in [6.07, 6.45) is 0. The monoisotopic (exact) mass is 474 g/mol. The van der Waals surface area contributed by atoms with Crippen LogP contribution in [0.4, 0.5) is 10.5 Å². The lowest BCUT2D eigenvalue weighted by Crippen LogP contribution is -2.51. The van der Waals surface area contributed by atoms with Crippen molar-refractivity contribution in [1.82, 2.24) is 14.5 Å². The second kappa shape index (κ2) is 9.38. The summed E-state index contributed by atoms with van der Waals surface area (Å²) in [5, 5.41) is 4.87. The first-order valence-corrected chi connectivity index (χ1v) is 12.0. The first-order valence-electron chi connectivity index (χ1n) is 10.5. The van der Waals surface area contributed by atoms with Gasteiger partial charge in [0.1, 0.15) is 0 Å². The minimum Gasteiger partial charge on any atom is -0.454 e. The Morgan fingerprint density at radius 3 is 2.42 bits per heavy atom. The number of anilines is 1. The smallest absolute Gasteiger partial charge is 0.325 e. The van der Waals surface area contributed by atoms with Crippen LogP contribution in [0.25, 0.3) is 0 Å². The van der Waals surface area contributed by atoms with Crippen molar-refractivity contribution in [3.63, 3.8) is 0 Å². The van der Waals surface area contributed by atoms with Crippen LogP contribution in [0.5, 0.6) is 11.5 Å². The van der Waals surface area contributed by atoms with Crippen LogP contribution in [-0.2, 0) is 14.8 Å². The van der Waals surface area contributed by atoms with E-state index in [0.717, 1.165) is 5.56 Å². The van der Waals surface area contributed by atoms with Crippen molar-refractivity contribution in [3.05, 3.63) is 47.5 Å². The van der Waals surface area contributed by atoms with E-state index >= 15 is 0 Å². The highest BCUT2D eigenvalue weighted by atomic mass is 32.2. The van der Waals surface area contributed by atoms with E-state index in [1.165, 1.54) is 4.31 Å². The predicted octanol–water partition coefficient (Wildman–Crippen LogP) is 1.69. The van der Waals surface area contributed by atoms with Gasteiger partial charge in [0.25, 0.3) is 0 Å². The van der Waals surface area contributed by atoms with Crippen molar-refractivity contribution in [1.29, 1.82) is 0 Å². The fourth-order valence-corrected chi connectivity index (χ4v) is 5.49. The number of benzene rings is 2. The van der Waals surface area contributed by atoms with E-state index in [1.807, 2.05) is 17.9 Å². The second-order valence-electron chi connectivity index (χ2n) is 8.02. The molecule has 2 aliphatic heterocycles. The summed E-state index contributed by atoms with van der Waals surface area (Å²) < 4.78 is 37.9. The maximum absolute atomic E-state index is 13.0. The molecule has 2 aromatic carbocycles. The Morgan fingerprint density at radius 1 is 0.970 bits per heavy atom. The number of sulfonamides is 1. The van der Waals surface area contributed by atoms with Crippen LogP contribution in [-0.4, -0.2) is 69.1 Å². The van der Waals surface area contributed by atoms with Gasteiger partial charge in [-0.3, -0.25) is 15.0 Å². The van der Waals surface area contributed by atoms with E-state index in [2.05, 4.69) is 10.6 Å². The van der Waals surface area contributed by atoms with Gasteiger partial charge in [-0.15, -0.1) is 0 Å². The maximum atomic E-state index is 13.0. The molecule has 2 heterocycles. The average molecular weight is 475 g/mol. The number of carbonyl (C=O) groups excluding carboxylic acids is 2. The first kappa shape index (κ1) is 23.0. The largest absolute Gasteiger partial charge is 0.454 e. The van der Waals surface area contributed by atoms with Crippen LogP contribution in [0.1, 0.15) is 11.1 Å². The Morgan fingerprint density at radius 2 is 1.70 bits per heavy atom. The predicted molar refractivity (Wildman–Crippen MR) is 121 cm³/mol. The third-order valence-corrected chi connectivity index (χ3v) is 7.59. The van der Waals surface area contributed by atoms with Crippen molar-refractivity contribution in [3.8, 4) is 11.5 Å². The minimum absolute atomic E-state index is 0.00793. The molecule has 2 N–H and O–H groups in total. The molecular weight excluding hydrogens is 448 g/mol. The van der Waals surface area contributed by atoms with Crippen molar-refractivity contribution in [2.45, 2.75) is 18.7 Å². The van der Waals surface area contributed by atoms with E-state index in [9.17, 15) is 18.0 Å². The van der Waals surface area contributed by atoms with Crippen LogP contribution in [0.15, 0.2) is 41.3 Å². The molecule has 3 amide bonds. The molecule has 1 fully saturated rings. The first-order chi connectivity index (χ1) is 15.7. The Hall–Kier alpha value is -3.15. The lowest BCUT2D eigenvalue weighted by atomic mass is 10.2. The number of rotatable bonds is 5. The van der Waals surface area contributed by atoms with Gasteiger partial charge in [-0.1, -0.05) is 17.7 Å². The number of amides is 3. The molecule has 10 nitrogen and oxygen atoms in total. The van der Waals surface area contributed by atoms with Gasteiger partial charge in [0.05, 0.1) is 11.4 Å². The van der Waals surface area contributed by atoms with Crippen LogP contribution >= 0.6 is 0 Å². The molecule has 11 heteroatoms. The third kappa shape index (κ3) is 5.27. The van der Waals surface area contributed by atoms with Crippen LogP contribution in [0, 0.1) is 13.8 Å². The number of nitrogens with zero attached hydrogens (tertiary/aromatic N) is 2. The van der Waals surface area contributed by atoms with Gasteiger partial charge in [-0.25, -0.2) is 13.2 Å². The van der Waals surface area contributed by atoms with E-state index in [-0.39, 0.29) is 26.4 Å². The zero-order valence-corrected chi connectivity index (χ0v) is 19.3. The molecule has 2 aliphatic rings. The normalized spacial score (nSPS) is 16.4. The highest BCUT2D eigenvalue weighted by Crippen LogP contribution is 2.34. The summed E-state index contributed by atoms with van der Waals surface area (Å²) in [6, 6.07) is 9.55. The molecule has 0 saturated carbocycles. The summed E-state index contributed by atoms with van der Waals surface area (Å²) >= 11 is 0. The van der Waals surface area contributed by atoms with E-state index < -0.39 is 22.0 Å². The van der Waals surface area contributed by atoms with Gasteiger partial charge in [0.2, 0.25) is 22.7 Å². The van der Waals surface area contributed by atoms with Crippen molar-refractivity contribution < 1.29 is 27.5 Å². The van der Waals surface area contributed by atoms with Gasteiger partial charge in [-0.2, -0.15) is 4.31 Å². The topological polar surface area (TPSA) is 117 Å². The van der Waals surface area contributed by atoms with Crippen LogP contribution < -0.4 is 20.1 Å².